The van der Waals surface area contributed by atoms with Crippen molar-refractivity contribution in [3.8, 4) is 5.75 Å². The van der Waals surface area contributed by atoms with Crippen LogP contribution in [0.15, 0.2) is 47.1 Å². The first-order valence-corrected chi connectivity index (χ1v) is 10.5. The predicted octanol–water partition coefficient (Wildman–Crippen LogP) is 2.52. The summed E-state index contributed by atoms with van der Waals surface area (Å²) in [6.07, 6.45) is 1.63. The van der Waals surface area contributed by atoms with E-state index in [0.717, 1.165) is 30.4 Å². The third kappa shape index (κ3) is 5.30. The van der Waals surface area contributed by atoms with Crippen molar-refractivity contribution in [1.29, 1.82) is 0 Å². The number of amides is 2. The standard InChI is InChI=1S/C20H25N3O4S/c1-2-26-17-7-4-3-6-15(17)22-20(25)19(24)21-14-16(18-8-5-11-27-18)23-9-12-28-13-10-23/h3-8,11,16H,2,9-10,12-14H2,1H3,(H,21,24)(H,22,25)/t16-/m1/s1. The van der Waals surface area contributed by atoms with Gasteiger partial charge in [-0.3, -0.25) is 14.5 Å². The van der Waals surface area contributed by atoms with Gasteiger partial charge in [0.2, 0.25) is 0 Å². The molecule has 0 bridgehead atoms. The van der Waals surface area contributed by atoms with Crippen molar-refractivity contribution >= 4 is 29.3 Å². The lowest BCUT2D eigenvalue weighted by Crippen LogP contribution is -2.44. The van der Waals surface area contributed by atoms with Crippen molar-refractivity contribution < 1.29 is 18.7 Å². The van der Waals surface area contributed by atoms with E-state index in [1.165, 1.54) is 0 Å². The summed E-state index contributed by atoms with van der Waals surface area (Å²) in [6.45, 7) is 4.47. The minimum Gasteiger partial charge on any atom is -0.492 e. The van der Waals surface area contributed by atoms with Gasteiger partial charge in [-0.05, 0) is 31.2 Å². The van der Waals surface area contributed by atoms with Crippen molar-refractivity contribution in [3.63, 3.8) is 0 Å². The Labute approximate surface area is 168 Å². The van der Waals surface area contributed by atoms with E-state index in [-0.39, 0.29) is 6.04 Å². The molecule has 3 rings (SSSR count). The summed E-state index contributed by atoms with van der Waals surface area (Å²) >= 11 is 1.91. The molecule has 2 amide bonds. The second-order valence-corrected chi connectivity index (χ2v) is 7.50. The number of thioether (sulfide) groups is 1. The van der Waals surface area contributed by atoms with Gasteiger partial charge in [0, 0.05) is 31.1 Å². The van der Waals surface area contributed by atoms with Gasteiger partial charge < -0.3 is 19.8 Å². The number of nitrogens with one attached hydrogen (secondary N) is 2. The maximum Gasteiger partial charge on any atom is 0.313 e. The van der Waals surface area contributed by atoms with E-state index in [9.17, 15) is 9.59 Å². The first-order chi connectivity index (χ1) is 13.7. The number of rotatable bonds is 7. The van der Waals surface area contributed by atoms with Crippen LogP contribution in [0.25, 0.3) is 0 Å². The fourth-order valence-electron chi connectivity index (χ4n) is 3.08. The second kappa shape index (κ2) is 10.2. The Morgan fingerprint density at radius 2 is 1.96 bits per heavy atom. The topological polar surface area (TPSA) is 83.8 Å². The zero-order valence-corrected chi connectivity index (χ0v) is 16.7. The Bertz CT molecular complexity index is 776. The van der Waals surface area contributed by atoms with Gasteiger partial charge in [0.25, 0.3) is 0 Å². The van der Waals surface area contributed by atoms with E-state index in [1.54, 1.807) is 24.5 Å². The molecule has 0 aliphatic carbocycles. The van der Waals surface area contributed by atoms with E-state index in [0.29, 0.717) is 24.6 Å². The van der Waals surface area contributed by atoms with Crippen molar-refractivity contribution in [2.75, 3.05) is 43.1 Å². The zero-order chi connectivity index (χ0) is 19.8. The van der Waals surface area contributed by atoms with Gasteiger partial charge in [0.1, 0.15) is 11.5 Å². The number of ether oxygens (including phenoxy) is 1. The molecule has 8 heteroatoms. The SMILES string of the molecule is CCOc1ccccc1NC(=O)C(=O)NC[C@H](c1ccco1)N1CCSCC1. The molecule has 1 aromatic carbocycles. The summed E-state index contributed by atoms with van der Waals surface area (Å²) in [7, 11) is 0. The molecule has 1 saturated heterocycles. The number of furan rings is 1. The minimum atomic E-state index is -0.723. The molecule has 150 valence electrons. The van der Waals surface area contributed by atoms with Crippen LogP contribution in [0, 0.1) is 0 Å². The average molecular weight is 404 g/mol. The number of nitrogens with zero attached hydrogens (tertiary/aromatic N) is 1. The van der Waals surface area contributed by atoms with Crippen molar-refractivity contribution in [2.45, 2.75) is 13.0 Å². The lowest BCUT2D eigenvalue weighted by molar-refractivity contribution is -0.136. The van der Waals surface area contributed by atoms with Crippen LogP contribution >= 0.6 is 11.8 Å². The number of hydrogen-bond acceptors (Lipinski definition) is 6. The highest BCUT2D eigenvalue weighted by Gasteiger charge is 2.26. The third-order valence-corrected chi connectivity index (χ3v) is 5.40. The molecule has 2 aromatic rings. The number of benzene rings is 1. The quantitative estimate of drug-likeness (QED) is 0.691. The number of carbonyl (C=O) groups excluding carboxylic acids is 2. The van der Waals surface area contributed by atoms with Crippen LogP contribution in [0.5, 0.6) is 5.75 Å². The molecule has 1 fully saturated rings. The minimum absolute atomic E-state index is 0.0941. The predicted molar refractivity (Wildman–Crippen MR) is 110 cm³/mol. The van der Waals surface area contributed by atoms with Crippen LogP contribution in [0.4, 0.5) is 5.69 Å². The van der Waals surface area contributed by atoms with E-state index >= 15 is 0 Å². The molecule has 1 aromatic heterocycles. The van der Waals surface area contributed by atoms with Crippen molar-refractivity contribution in [3.05, 3.63) is 48.4 Å². The Morgan fingerprint density at radius 3 is 2.68 bits per heavy atom. The van der Waals surface area contributed by atoms with Gasteiger partial charge in [-0.1, -0.05) is 12.1 Å². The van der Waals surface area contributed by atoms with Crippen molar-refractivity contribution in [1.82, 2.24) is 10.2 Å². The molecule has 0 unspecified atom stereocenters. The molecule has 1 atom stereocenters. The van der Waals surface area contributed by atoms with Gasteiger partial charge in [-0.2, -0.15) is 11.8 Å². The Morgan fingerprint density at radius 1 is 1.18 bits per heavy atom. The lowest BCUT2D eigenvalue weighted by Gasteiger charge is -2.33. The van der Waals surface area contributed by atoms with Crippen LogP contribution in [0.2, 0.25) is 0 Å². The maximum absolute atomic E-state index is 12.4. The molecule has 7 nitrogen and oxygen atoms in total. The summed E-state index contributed by atoms with van der Waals surface area (Å²) in [6, 6.07) is 10.7. The summed E-state index contributed by atoms with van der Waals surface area (Å²) in [5.74, 6) is 1.99. The molecule has 1 aliphatic rings. The van der Waals surface area contributed by atoms with Gasteiger partial charge in [0.15, 0.2) is 0 Å². The summed E-state index contributed by atoms with van der Waals surface area (Å²) in [5, 5.41) is 5.36. The van der Waals surface area contributed by atoms with Crippen molar-refractivity contribution in [2.24, 2.45) is 0 Å². The van der Waals surface area contributed by atoms with E-state index in [2.05, 4.69) is 15.5 Å². The monoisotopic (exact) mass is 403 g/mol. The van der Waals surface area contributed by atoms with Gasteiger partial charge >= 0.3 is 11.8 Å². The number of para-hydroxylation sites is 2. The molecular formula is C20H25N3O4S. The molecule has 1 aliphatic heterocycles. The largest absolute Gasteiger partial charge is 0.492 e. The van der Waals surface area contributed by atoms with Gasteiger partial charge in [0.05, 0.1) is 24.6 Å². The molecule has 0 saturated carbocycles. The first kappa shape index (κ1) is 20.3. The third-order valence-electron chi connectivity index (χ3n) is 4.46. The van der Waals surface area contributed by atoms with E-state index in [1.807, 2.05) is 36.9 Å². The average Bonchev–Trinajstić information content (AvgIpc) is 3.25. The lowest BCUT2D eigenvalue weighted by atomic mass is 10.2. The Hall–Kier alpha value is -2.45. The first-order valence-electron chi connectivity index (χ1n) is 9.35. The van der Waals surface area contributed by atoms with Crippen LogP contribution in [0.1, 0.15) is 18.7 Å². The second-order valence-electron chi connectivity index (χ2n) is 6.27. The number of carbonyl (C=O) groups is 2. The molecule has 28 heavy (non-hydrogen) atoms. The maximum atomic E-state index is 12.4. The fourth-order valence-corrected chi connectivity index (χ4v) is 4.01. The van der Waals surface area contributed by atoms with Crippen LogP contribution in [0.3, 0.4) is 0 Å². The molecule has 0 spiro atoms. The highest BCUT2D eigenvalue weighted by atomic mass is 32.2. The molecule has 2 heterocycles. The summed E-state index contributed by atoms with van der Waals surface area (Å²) in [5.41, 5.74) is 0.472. The Kier molecular flexibility index (Phi) is 7.39. The normalized spacial score (nSPS) is 15.6. The zero-order valence-electron chi connectivity index (χ0n) is 15.8. The van der Waals surface area contributed by atoms with Gasteiger partial charge in [-0.25, -0.2) is 0 Å². The molecule has 0 radical (unpaired) electrons. The van der Waals surface area contributed by atoms with Crippen LogP contribution < -0.4 is 15.4 Å². The number of anilines is 1. The Balaban J connectivity index is 1.60. The molecular weight excluding hydrogens is 378 g/mol. The fraction of sp³-hybridized carbons (Fsp3) is 0.400. The van der Waals surface area contributed by atoms with Crippen LogP contribution in [-0.2, 0) is 9.59 Å². The summed E-state index contributed by atoms with van der Waals surface area (Å²) in [4.78, 5) is 27.0. The highest BCUT2D eigenvalue weighted by molar-refractivity contribution is 7.99. The van der Waals surface area contributed by atoms with Crippen LogP contribution in [-0.4, -0.2) is 54.5 Å². The summed E-state index contributed by atoms with van der Waals surface area (Å²) < 4.78 is 11.0. The van der Waals surface area contributed by atoms with Gasteiger partial charge in [-0.15, -0.1) is 0 Å². The molecule has 2 N–H and O–H groups in total. The smallest absolute Gasteiger partial charge is 0.313 e. The highest BCUT2D eigenvalue weighted by Crippen LogP contribution is 2.25. The van der Waals surface area contributed by atoms with E-state index < -0.39 is 11.8 Å². The van der Waals surface area contributed by atoms with E-state index in [4.69, 9.17) is 9.15 Å². The number of hydrogen-bond donors (Lipinski definition) is 2.